The van der Waals surface area contributed by atoms with Crippen molar-refractivity contribution in [3.05, 3.63) is 29.8 Å². The Morgan fingerprint density at radius 3 is 2.50 bits per heavy atom. The van der Waals surface area contributed by atoms with Gasteiger partial charge < -0.3 is 15.6 Å². The van der Waals surface area contributed by atoms with E-state index in [1.54, 1.807) is 12.1 Å². The molecule has 1 aromatic carbocycles. The number of rotatable bonds is 3. The Balaban J connectivity index is 2.21. The average molecular weight is 221 g/mol. The summed E-state index contributed by atoms with van der Waals surface area (Å²) in [6.07, 6.45) is 1.17. The van der Waals surface area contributed by atoms with E-state index < -0.39 is 17.5 Å². The quantitative estimate of drug-likeness (QED) is 0.581. The second-order valence-corrected chi connectivity index (χ2v) is 3.85. The molecule has 2 rings (SSSR count). The second-order valence-electron chi connectivity index (χ2n) is 3.85. The number of hydrogen-bond donors (Lipinski definition) is 2. The van der Waals surface area contributed by atoms with Gasteiger partial charge in [0.05, 0.1) is 0 Å². The zero-order chi connectivity index (χ0) is 11.8. The van der Waals surface area contributed by atoms with E-state index in [1.807, 2.05) is 0 Å². The van der Waals surface area contributed by atoms with Crippen LogP contribution in [0.5, 0.6) is 5.75 Å². The molecule has 16 heavy (non-hydrogen) atoms. The van der Waals surface area contributed by atoms with Crippen LogP contribution >= 0.6 is 0 Å². The summed E-state index contributed by atoms with van der Waals surface area (Å²) >= 11 is 0. The van der Waals surface area contributed by atoms with Gasteiger partial charge in [0.25, 0.3) is 0 Å². The summed E-state index contributed by atoms with van der Waals surface area (Å²) in [4.78, 5) is 22.4. The smallest absolute Gasteiger partial charge is 0.339 e. The van der Waals surface area contributed by atoms with Gasteiger partial charge in [-0.05, 0) is 25.0 Å². The molecule has 0 atom stereocenters. The normalized spacial score (nSPS) is 16.6. The van der Waals surface area contributed by atoms with Gasteiger partial charge in [0.2, 0.25) is 0 Å². The number of nitrogens with two attached hydrogens (primary N) is 1. The molecule has 0 spiro atoms. The lowest BCUT2D eigenvalue weighted by atomic mass is 10.2. The van der Waals surface area contributed by atoms with Gasteiger partial charge in [-0.25, -0.2) is 9.59 Å². The first-order valence-electron chi connectivity index (χ1n) is 4.86. The van der Waals surface area contributed by atoms with E-state index in [-0.39, 0.29) is 11.3 Å². The number of ether oxygens (including phenoxy) is 1. The van der Waals surface area contributed by atoms with Crippen molar-refractivity contribution in [2.75, 3.05) is 0 Å². The fraction of sp³-hybridized carbons (Fsp3) is 0.273. The van der Waals surface area contributed by atoms with E-state index in [4.69, 9.17) is 15.6 Å². The predicted molar refractivity (Wildman–Crippen MR) is 55.2 cm³/mol. The highest BCUT2D eigenvalue weighted by Gasteiger charge is 2.48. The summed E-state index contributed by atoms with van der Waals surface area (Å²) < 4.78 is 4.99. The van der Waals surface area contributed by atoms with Crippen LogP contribution in [0.1, 0.15) is 23.2 Å². The van der Waals surface area contributed by atoms with Crippen LogP contribution in [-0.2, 0) is 4.79 Å². The molecule has 0 amide bonds. The van der Waals surface area contributed by atoms with Gasteiger partial charge in [0, 0.05) is 0 Å². The molecule has 84 valence electrons. The fourth-order valence-electron chi connectivity index (χ4n) is 1.27. The van der Waals surface area contributed by atoms with Gasteiger partial charge in [-0.3, -0.25) is 0 Å². The van der Waals surface area contributed by atoms with Crippen molar-refractivity contribution in [1.29, 1.82) is 0 Å². The van der Waals surface area contributed by atoms with E-state index in [0.717, 1.165) is 0 Å². The van der Waals surface area contributed by atoms with Gasteiger partial charge in [0.15, 0.2) is 0 Å². The van der Waals surface area contributed by atoms with Crippen LogP contribution in [-0.4, -0.2) is 22.6 Å². The molecule has 1 aromatic rings. The molecular formula is C11H11NO4. The number of para-hydroxylation sites is 1. The number of benzene rings is 1. The first kappa shape index (κ1) is 10.6. The molecular weight excluding hydrogens is 210 g/mol. The molecule has 0 aliphatic heterocycles. The third-order valence-electron chi connectivity index (χ3n) is 2.52. The molecule has 1 aliphatic rings. The van der Waals surface area contributed by atoms with Gasteiger partial charge >= 0.3 is 11.9 Å². The molecule has 0 aromatic heterocycles. The Bertz CT molecular complexity index is 451. The molecule has 0 heterocycles. The first-order valence-corrected chi connectivity index (χ1v) is 4.86. The lowest BCUT2D eigenvalue weighted by Gasteiger charge is -2.10. The van der Waals surface area contributed by atoms with E-state index in [0.29, 0.717) is 12.8 Å². The molecule has 0 radical (unpaired) electrons. The Kier molecular flexibility index (Phi) is 2.40. The number of carboxylic acid groups (broad SMARTS) is 1. The van der Waals surface area contributed by atoms with Crippen LogP contribution in [0, 0.1) is 0 Å². The highest BCUT2D eigenvalue weighted by atomic mass is 16.5. The molecule has 0 bridgehead atoms. The lowest BCUT2D eigenvalue weighted by Crippen LogP contribution is -2.36. The number of carboxylic acids is 1. The number of aromatic carboxylic acids is 1. The van der Waals surface area contributed by atoms with Gasteiger partial charge in [-0.2, -0.15) is 0 Å². The minimum atomic E-state index is -1.13. The largest absolute Gasteiger partial charge is 0.478 e. The molecule has 5 heteroatoms. The predicted octanol–water partition coefficient (Wildman–Crippen LogP) is 0.781. The number of carbonyl (C=O) groups excluding carboxylic acids is 1. The average Bonchev–Trinajstić information content (AvgIpc) is 2.98. The van der Waals surface area contributed by atoms with Crippen molar-refractivity contribution >= 4 is 11.9 Å². The minimum Gasteiger partial charge on any atom is -0.478 e. The van der Waals surface area contributed by atoms with E-state index in [9.17, 15) is 9.59 Å². The van der Waals surface area contributed by atoms with Crippen LogP contribution in [0.4, 0.5) is 0 Å². The van der Waals surface area contributed by atoms with Crippen LogP contribution in [0.25, 0.3) is 0 Å². The Morgan fingerprint density at radius 2 is 1.94 bits per heavy atom. The highest BCUT2D eigenvalue weighted by Crippen LogP contribution is 2.34. The summed E-state index contributed by atoms with van der Waals surface area (Å²) in [5, 5.41) is 8.87. The maximum Gasteiger partial charge on any atom is 0.339 e. The van der Waals surface area contributed by atoms with E-state index in [2.05, 4.69) is 0 Å². The minimum absolute atomic E-state index is 0.0386. The number of esters is 1. The fourth-order valence-corrected chi connectivity index (χ4v) is 1.27. The summed E-state index contributed by atoms with van der Waals surface area (Å²) in [5.74, 6) is -1.66. The van der Waals surface area contributed by atoms with Crippen molar-refractivity contribution in [2.45, 2.75) is 18.4 Å². The van der Waals surface area contributed by atoms with Crippen molar-refractivity contribution in [2.24, 2.45) is 5.73 Å². The first-order chi connectivity index (χ1) is 7.53. The summed E-state index contributed by atoms with van der Waals surface area (Å²) in [6, 6.07) is 5.98. The summed E-state index contributed by atoms with van der Waals surface area (Å²) in [7, 11) is 0. The third kappa shape index (κ3) is 1.90. The summed E-state index contributed by atoms with van der Waals surface area (Å²) in [5.41, 5.74) is 4.69. The van der Waals surface area contributed by atoms with Crippen molar-refractivity contribution in [1.82, 2.24) is 0 Å². The Morgan fingerprint density at radius 1 is 1.31 bits per heavy atom. The molecule has 3 N–H and O–H groups in total. The van der Waals surface area contributed by atoms with Gasteiger partial charge in [0.1, 0.15) is 16.9 Å². The third-order valence-corrected chi connectivity index (χ3v) is 2.52. The number of hydrogen-bond acceptors (Lipinski definition) is 4. The van der Waals surface area contributed by atoms with Crippen LogP contribution in [0.3, 0.4) is 0 Å². The second kappa shape index (κ2) is 3.61. The van der Waals surface area contributed by atoms with E-state index >= 15 is 0 Å². The van der Waals surface area contributed by atoms with Crippen LogP contribution in [0.2, 0.25) is 0 Å². The molecule has 1 saturated carbocycles. The van der Waals surface area contributed by atoms with E-state index in [1.165, 1.54) is 12.1 Å². The summed E-state index contributed by atoms with van der Waals surface area (Å²) in [6.45, 7) is 0. The molecule has 0 unspecified atom stereocenters. The zero-order valence-electron chi connectivity index (χ0n) is 8.47. The van der Waals surface area contributed by atoms with Crippen LogP contribution < -0.4 is 10.5 Å². The monoisotopic (exact) mass is 221 g/mol. The molecule has 0 saturated heterocycles. The maximum absolute atomic E-state index is 11.5. The molecule has 1 aliphatic carbocycles. The lowest BCUT2D eigenvalue weighted by molar-refractivity contribution is -0.136. The Labute approximate surface area is 91.8 Å². The van der Waals surface area contributed by atoms with Crippen molar-refractivity contribution in [3.63, 3.8) is 0 Å². The van der Waals surface area contributed by atoms with Gasteiger partial charge in [-0.1, -0.05) is 12.1 Å². The topological polar surface area (TPSA) is 89.6 Å². The van der Waals surface area contributed by atoms with Crippen molar-refractivity contribution in [3.8, 4) is 5.75 Å². The molecule has 1 fully saturated rings. The zero-order valence-corrected chi connectivity index (χ0v) is 8.47. The standard InChI is InChI=1S/C11H11NO4/c12-11(5-6-11)10(15)16-8-4-2-1-3-7(8)9(13)14/h1-4H,5-6,12H2,(H,13,14). The molecule has 5 nitrogen and oxygen atoms in total. The Hall–Kier alpha value is -1.88. The SMILES string of the molecule is NC1(C(=O)Oc2ccccc2C(=O)O)CC1. The van der Waals surface area contributed by atoms with Gasteiger partial charge in [-0.15, -0.1) is 0 Å². The van der Waals surface area contributed by atoms with Crippen LogP contribution in [0.15, 0.2) is 24.3 Å². The maximum atomic E-state index is 11.5. The number of carbonyl (C=O) groups is 2. The highest BCUT2D eigenvalue weighted by molar-refractivity contribution is 5.93. The van der Waals surface area contributed by atoms with Crippen molar-refractivity contribution < 1.29 is 19.4 Å².